The molecule has 1 aliphatic rings. The molecule has 0 amide bonds. The maximum atomic E-state index is 9.36. The zero-order valence-electron chi connectivity index (χ0n) is 6.96. The van der Waals surface area contributed by atoms with Gasteiger partial charge in [-0.25, -0.2) is 0 Å². The van der Waals surface area contributed by atoms with Gasteiger partial charge < -0.3 is 9.68 Å². The van der Waals surface area contributed by atoms with Crippen molar-refractivity contribution >= 4 is 35.4 Å². The second kappa shape index (κ2) is 3.95. The first-order chi connectivity index (χ1) is 6.31. The Morgan fingerprint density at radius 2 is 2.46 bits per heavy atom. The van der Waals surface area contributed by atoms with Crippen LogP contribution in [0.4, 0.5) is 0 Å². The number of fused-ring (bicyclic) bond motifs is 1. The molecule has 0 radical (unpaired) electrons. The Balaban J connectivity index is 2.29. The van der Waals surface area contributed by atoms with Crippen LogP contribution in [0.25, 0.3) is 0 Å². The topological polar surface area (TPSA) is 41.5 Å². The van der Waals surface area contributed by atoms with Crippen LogP contribution < -0.4 is 8.99 Å². The lowest BCUT2D eigenvalue weighted by molar-refractivity contribution is 0.275. The molecule has 1 heterocycles. The standard InChI is InChI=1S/C8H9BINO2/c10-11-4-6-1-2-8-7(3-6)5-13-9(8)12/h1-3,11-12H,4-5H2. The molecule has 0 spiro atoms. The van der Waals surface area contributed by atoms with E-state index in [1.807, 2.05) is 12.1 Å². The minimum Gasteiger partial charge on any atom is -0.423 e. The van der Waals surface area contributed by atoms with E-state index in [1.54, 1.807) is 0 Å². The minimum absolute atomic E-state index is 0.519. The Morgan fingerprint density at radius 1 is 1.62 bits per heavy atom. The van der Waals surface area contributed by atoms with E-state index in [0.717, 1.165) is 17.6 Å². The summed E-state index contributed by atoms with van der Waals surface area (Å²) in [6.45, 7) is 1.36. The van der Waals surface area contributed by atoms with E-state index in [1.165, 1.54) is 5.56 Å². The third-order valence-electron chi connectivity index (χ3n) is 2.14. The summed E-state index contributed by atoms with van der Waals surface area (Å²) >= 11 is 2.11. The molecule has 1 aliphatic heterocycles. The predicted octanol–water partition coefficient (Wildman–Crippen LogP) is 0.344. The first-order valence-electron chi connectivity index (χ1n) is 4.06. The van der Waals surface area contributed by atoms with Gasteiger partial charge in [-0.2, -0.15) is 0 Å². The van der Waals surface area contributed by atoms with E-state index in [0.29, 0.717) is 6.61 Å². The molecule has 2 N–H and O–H groups in total. The largest absolute Gasteiger partial charge is 0.491 e. The summed E-state index contributed by atoms with van der Waals surface area (Å²) in [4.78, 5) is 0. The maximum absolute atomic E-state index is 9.36. The maximum Gasteiger partial charge on any atom is 0.491 e. The van der Waals surface area contributed by atoms with E-state index < -0.39 is 7.12 Å². The predicted molar refractivity (Wildman–Crippen MR) is 59.7 cm³/mol. The van der Waals surface area contributed by atoms with Crippen LogP contribution in [0.5, 0.6) is 0 Å². The lowest BCUT2D eigenvalue weighted by atomic mass is 9.79. The van der Waals surface area contributed by atoms with Gasteiger partial charge in [-0.1, -0.05) is 18.2 Å². The number of nitrogens with one attached hydrogen (secondary N) is 1. The highest BCUT2D eigenvalue weighted by Crippen LogP contribution is 2.11. The van der Waals surface area contributed by atoms with E-state index in [2.05, 4.69) is 32.5 Å². The van der Waals surface area contributed by atoms with E-state index in [4.69, 9.17) is 4.65 Å². The summed E-state index contributed by atoms with van der Waals surface area (Å²) in [6, 6.07) is 6.00. The number of benzene rings is 1. The van der Waals surface area contributed by atoms with Gasteiger partial charge in [-0.15, -0.1) is 0 Å². The van der Waals surface area contributed by atoms with Crippen molar-refractivity contribution in [3.05, 3.63) is 29.3 Å². The molecule has 5 heteroatoms. The van der Waals surface area contributed by atoms with Crippen molar-refractivity contribution in [2.45, 2.75) is 13.2 Å². The van der Waals surface area contributed by atoms with E-state index in [-0.39, 0.29) is 0 Å². The van der Waals surface area contributed by atoms with Gasteiger partial charge in [0, 0.05) is 29.4 Å². The fourth-order valence-corrected chi connectivity index (χ4v) is 1.91. The van der Waals surface area contributed by atoms with Crippen LogP contribution in [-0.2, 0) is 17.8 Å². The molecule has 0 saturated heterocycles. The number of hydrogen-bond donors (Lipinski definition) is 2. The highest BCUT2D eigenvalue weighted by molar-refractivity contribution is 14.1. The molecule has 1 aromatic rings. The average Bonchev–Trinajstić information content (AvgIpc) is 2.48. The SMILES string of the molecule is OB1OCc2cc(CNI)ccc21. The summed E-state index contributed by atoms with van der Waals surface area (Å²) in [5, 5.41) is 9.36. The lowest BCUT2D eigenvalue weighted by Crippen LogP contribution is -2.27. The smallest absolute Gasteiger partial charge is 0.423 e. The first kappa shape index (κ1) is 9.45. The van der Waals surface area contributed by atoms with Crippen LogP contribution in [0, 0.1) is 0 Å². The van der Waals surface area contributed by atoms with Gasteiger partial charge >= 0.3 is 7.12 Å². The van der Waals surface area contributed by atoms with Crippen molar-refractivity contribution in [2.24, 2.45) is 0 Å². The Kier molecular flexibility index (Phi) is 2.87. The fraction of sp³-hybridized carbons (Fsp3) is 0.250. The number of rotatable bonds is 2. The number of halogens is 1. The number of hydrogen-bond acceptors (Lipinski definition) is 3. The molecule has 3 nitrogen and oxygen atoms in total. The second-order valence-corrected chi connectivity index (χ2v) is 3.77. The van der Waals surface area contributed by atoms with Crippen LogP contribution in [0.2, 0.25) is 0 Å². The highest BCUT2D eigenvalue weighted by atomic mass is 127. The lowest BCUT2D eigenvalue weighted by Gasteiger charge is -2.02. The van der Waals surface area contributed by atoms with Crippen molar-refractivity contribution in [1.82, 2.24) is 3.53 Å². The second-order valence-electron chi connectivity index (χ2n) is 3.01. The summed E-state index contributed by atoms with van der Waals surface area (Å²) in [5.74, 6) is 0. The zero-order chi connectivity index (χ0) is 9.26. The molecule has 1 aromatic carbocycles. The summed E-state index contributed by atoms with van der Waals surface area (Å²) in [6.07, 6.45) is 0. The Bertz CT molecular complexity index is 321. The minimum atomic E-state index is -0.725. The molecular weight excluding hydrogens is 280 g/mol. The van der Waals surface area contributed by atoms with Gasteiger partial charge in [0.2, 0.25) is 0 Å². The summed E-state index contributed by atoms with van der Waals surface area (Å²) in [7, 11) is -0.725. The van der Waals surface area contributed by atoms with Crippen molar-refractivity contribution in [3.63, 3.8) is 0 Å². The third kappa shape index (κ3) is 1.88. The van der Waals surface area contributed by atoms with Crippen molar-refractivity contribution in [1.29, 1.82) is 0 Å². The molecule has 0 saturated carbocycles. The molecule has 0 bridgehead atoms. The van der Waals surface area contributed by atoms with Crippen LogP contribution in [0.1, 0.15) is 11.1 Å². The molecule has 68 valence electrons. The third-order valence-corrected chi connectivity index (χ3v) is 2.52. The van der Waals surface area contributed by atoms with Crippen molar-refractivity contribution in [2.75, 3.05) is 0 Å². The molecule has 2 rings (SSSR count). The fourth-order valence-electron chi connectivity index (χ4n) is 1.47. The summed E-state index contributed by atoms with van der Waals surface area (Å²) < 4.78 is 8.14. The van der Waals surface area contributed by atoms with Gasteiger partial charge in [-0.05, 0) is 16.6 Å². The van der Waals surface area contributed by atoms with Crippen LogP contribution in [-0.4, -0.2) is 12.1 Å². The van der Waals surface area contributed by atoms with Crippen LogP contribution >= 0.6 is 22.9 Å². The monoisotopic (exact) mass is 289 g/mol. The van der Waals surface area contributed by atoms with E-state index >= 15 is 0 Å². The van der Waals surface area contributed by atoms with Gasteiger partial charge in [0.05, 0.1) is 6.61 Å². The Morgan fingerprint density at radius 3 is 3.23 bits per heavy atom. The molecule has 0 unspecified atom stereocenters. The van der Waals surface area contributed by atoms with Crippen molar-refractivity contribution in [3.8, 4) is 0 Å². The van der Waals surface area contributed by atoms with Crippen LogP contribution in [0.15, 0.2) is 18.2 Å². The summed E-state index contributed by atoms with van der Waals surface area (Å²) in [5.41, 5.74) is 3.21. The highest BCUT2D eigenvalue weighted by Gasteiger charge is 2.26. The Hall–Kier alpha value is -0.105. The normalized spacial score (nSPS) is 14.8. The van der Waals surface area contributed by atoms with Gasteiger partial charge in [-0.3, -0.25) is 3.53 Å². The molecule has 0 fully saturated rings. The molecule has 0 aliphatic carbocycles. The quantitative estimate of drug-likeness (QED) is 0.469. The van der Waals surface area contributed by atoms with Crippen molar-refractivity contribution < 1.29 is 9.68 Å². The molecule has 13 heavy (non-hydrogen) atoms. The van der Waals surface area contributed by atoms with E-state index in [9.17, 15) is 5.02 Å². The van der Waals surface area contributed by atoms with Gasteiger partial charge in [0.25, 0.3) is 0 Å². The van der Waals surface area contributed by atoms with Gasteiger partial charge in [0.1, 0.15) is 0 Å². The van der Waals surface area contributed by atoms with Crippen LogP contribution in [0.3, 0.4) is 0 Å². The zero-order valence-corrected chi connectivity index (χ0v) is 9.11. The molecular formula is C8H9BINO2. The molecule has 0 atom stereocenters. The Labute approximate surface area is 91.1 Å². The average molecular weight is 289 g/mol. The molecule has 0 aromatic heterocycles. The first-order valence-corrected chi connectivity index (χ1v) is 5.14. The van der Waals surface area contributed by atoms with Gasteiger partial charge in [0.15, 0.2) is 0 Å².